The van der Waals surface area contributed by atoms with Crippen LogP contribution < -0.4 is 11.1 Å². The van der Waals surface area contributed by atoms with Crippen LogP contribution in [0.25, 0.3) is 0 Å². The average Bonchev–Trinajstić information content (AvgIpc) is 2.42. The molecule has 1 aromatic carbocycles. The van der Waals surface area contributed by atoms with Crippen molar-refractivity contribution < 1.29 is 9.00 Å². The topological polar surface area (TPSA) is 72.2 Å². The SMILES string of the molecule is CCCCC(CN)NC(=O)c1cccc(CS(C)=O)c1. The molecule has 1 rings (SSSR count). The van der Waals surface area contributed by atoms with E-state index >= 15 is 0 Å². The zero-order valence-corrected chi connectivity index (χ0v) is 13.0. The first-order valence-electron chi connectivity index (χ1n) is 6.96. The van der Waals surface area contributed by atoms with Gasteiger partial charge in [-0.05, 0) is 24.1 Å². The number of carbonyl (C=O) groups excluding carboxylic acids is 1. The van der Waals surface area contributed by atoms with E-state index in [9.17, 15) is 9.00 Å². The number of hydrogen-bond donors (Lipinski definition) is 2. The molecule has 4 nitrogen and oxygen atoms in total. The van der Waals surface area contributed by atoms with Gasteiger partial charge in [-0.25, -0.2) is 0 Å². The van der Waals surface area contributed by atoms with E-state index in [-0.39, 0.29) is 11.9 Å². The Labute approximate surface area is 123 Å². The second-order valence-electron chi connectivity index (χ2n) is 4.97. The molecule has 2 atom stereocenters. The molecule has 0 aromatic heterocycles. The molecule has 0 heterocycles. The minimum atomic E-state index is -0.906. The number of benzene rings is 1. The molecule has 0 spiro atoms. The average molecular weight is 296 g/mol. The number of nitrogens with two attached hydrogens (primary N) is 1. The third-order valence-corrected chi connectivity index (χ3v) is 3.82. The van der Waals surface area contributed by atoms with E-state index in [1.165, 1.54) is 0 Å². The monoisotopic (exact) mass is 296 g/mol. The lowest BCUT2D eigenvalue weighted by molar-refractivity contribution is 0.0935. The first kappa shape index (κ1) is 16.9. The van der Waals surface area contributed by atoms with E-state index < -0.39 is 10.8 Å². The minimum absolute atomic E-state index is 0.0198. The zero-order chi connectivity index (χ0) is 15.0. The number of unbranched alkanes of at least 4 members (excludes halogenated alkanes) is 1. The van der Waals surface area contributed by atoms with Gasteiger partial charge in [-0.3, -0.25) is 9.00 Å². The maximum atomic E-state index is 12.2. The van der Waals surface area contributed by atoms with Crippen LogP contribution in [0.1, 0.15) is 42.1 Å². The Morgan fingerprint density at radius 3 is 2.80 bits per heavy atom. The summed E-state index contributed by atoms with van der Waals surface area (Å²) in [4.78, 5) is 12.2. The fraction of sp³-hybridized carbons (Fsp3) is 0.533. The van der Waals surface area contributed by atoms with Crippen LogP contribution in [0.5, 0.6) is 0 Å². The fourth-order valence-corrected chi connectivity index (χ4v) is 2.65. The molecule has 0 aliphatic heterocycles. The number of rotatable bonds is 8. The van der Waals surface area contributed by atoms with Gasteiger partial charge in [-0.1, -0.05) is 31.9 Å². The van der Waals surface area contributed by atoms with E-state index in [1.807, 2.05) is 12.1 Å². The van der Waals surface area contributed by atoms with Crippen molar-refractivity contribution in [2.24, 2.45) is 5.73 Å². The fourth-order valence-electron chi connectivity index (χ4n) is 2.01. The summed E-state index contributed by atoms with van der Waals surface area (Å²) < 4.78 is 11.2. The van der Waals surface area contributed by atoms with Crippen molar-refractivity contribution in [3.05, 3.63) is 35.4 Å². The second kappa shape index (κ2) is 8.87. The lowest BCUT2D eigenvalue weighted by atomic mass is 10.1. The lowest BCUT2D eigenvalue weighted by Gasteiger charge is -2.16. The van der Waals surface area contributed by atoms with E-state index in [4.69, 9.17) is 5.73 Å². The summed E-state index contributed by atoms with van der Waals surface area (Å²) in [6.45, 7) is 2.56. The van der Waals surface area contributed by atoms with Crippen LogP contribution in [0.2, 0.25) is 0 Å². The Kier molecular flexibility index (Phi) is 7.47. The van der Waals surface area contributed by atoms with E-state index in [2.05, 4.69) is 12.2 Å². The maximum Gasteiger partial charge on any atom is 0.251 e. The third-order valence-electron chi connectivity index (χ3n) is 3.08. The number of hydrogen-bond acceptors (Lipinski definition) is 3. The quantitative estimate of drug-likeness (QED) is 0.768. The van der Waals surface area contributed by atoms with Gasteiger partial charge in [0.15, 0.2) is 0 Å². The van der Waals surface area contributed by atoms with Crippen molar-refractivity contribution in [3.63, 3.8) is 0 Å². The molecule has 0 saturated carbocycles. The highest BCUT2D eigenvalue weighted by atomic mass is 32.2. The molecule has 0 bridgehead atoms. The Hall–Kier alpha value is -1.20. The molecule has 3 N–H and O–H groups in total. The molecule has 1 amide bonds. The van der Waals surface area contributed by atoms with Crippen molar-refractivity contribution in [3.8, 4) is 0 Å². The van der Waals surface area contributed by atoms with Crippen LogP contribution in [0, 0.1) is 0 Å². The normalized spacial score (nSPS) is 13.8. The maximum absolute atomic E-state index is 12.2. The summed E-state index contributed by atoms with van der Waals surface area (Å²) >= 11 is 0. The molecule has 0 aliphatic rings. The lowest BCUT2D eigenvalue weighted by Crippen LogP contribution is -2.40. The minimum Gasteiger partial charge on any atom is -0.348 e. The van der Waals surface area contributed by atoms with Gasteiger partial charge in [0.1, 0.15) is 0 Å². The first-order valence-corrected chi connectivity index (χ1v) is 8.69. The van der Waals surface area contributed by atoms with Gasteiger partial charge in [-0.2, -0.15) is 0 Å². The van der Waals surface area contributed by atoms with Gasteiger partial charge in [0, 0.05) is 41.0 Å². The van der Waals surface area contributed by atoms with Crippen molar-refractivity contribution in [1.82, 2.24) is 5.32 Å². The van der Waals surface area contributed by atoms with Crippen molar-refractivity contribution in [2.75, 3.05) is 12.8 Å². The van der Waals surface area contributed by atoms with Crippen molar-refractivity contribution in [1.29, 1.82) is 0 Å². The summed E-state index contributed by atoms with van der Waals surface area (Å²) in [7, 11) is -0.906. The van der Waals surface area contributed by atoms with Crippen LogP contribution in [0.15, 0.2) is 24.3 Å². The molecule has 2 unspecified atom stereocenters. The predicted octanol–water partition coefficient (Wildman–Crippen LogP) is 1.81. The van der Waals surface area contributed by atoms with Crippen molar-refractivity contribution >= 4 is 16.7 Å². The predicted molar refractivity (Wildman–Crippen MR) is 84.0 cm³/mol. The molecule has 112 valence electrons. The Bertz CT molecular complexity index is 463. The highest BCUT2D eigenvalue weighted by Gasteiger charge is 2.12. The molecule has 20 heavy (non-hydrogen) atoms. The van der Waals surface area contributed by atoms with E-state index in [1.54, 1.807) is 18.4 Å². The van der Waals surface area contributed by atoms with Gasteiger partial charge >= 0.3 is 0 Å². The number of carbonyl (C=O) groups is 1. The van der Waals surface area contributed by atoms with Crippen molar-refractivity contribution in [2.45, 2.75) is 38.0 Å². The highest BCUT2D eigenvalue weighted by Crippen LogP contribution is 2.08. The Balaban J connectivity index is 2.68. The highest BCUT2D eigenvalue weighted by molar-refractivity contribution is 7.83. The standard InChI is InChI=1S/C15H24N2O2S/c1-3-4-8-14(10-16)17-15(18)13-7-5-6-12(9-13)11-20(2)19/h5-7,9,14H,3-4,8,10-11,16H2,1-2H3,(H,17,18). The Morgan fingerprint density at radius 2 is 2.20 bits per heavy atom. The van der Waals surface area contributed by atoms with Crippen LogP contribution in [0.3, 0.4) is 0 Å². The Morgan fingerprint density at radius 1 is 1.45 bits per heavy atom. The molecular weight excluding hydrogens is 272 g/mol. The summed E-state index contributed by atoms with van der Waals surface area (Å²) in [6.07, 6.45) is 4.69. The largest absolute Gasteiger partial charge is 0.348 e. The first-order chi connectivity index (χ1) is 9.56. The second-order valence-corrected chi connectivity index (χ2v) is 6.40. The molecule has 0 fully saturated rings. The molecule has 0 aliphatic carbocycles. The molecule has 0 radical (unpaired) electrons. The summed E-state index contributed by atoms with van der Waals surface area (Å²) in [5, 5.41) is 2.96. The molecule has 0 saturated heterocycles. The zero-order valence-electron chi connectivity index (χ0n) is 12.2. The summed E-state index contributed by atoms with van der Waals surface area (Å²) in [5.74, 6) is 0.359. The van der Waals surface area contributed by atoms with Gasteiger partial charge in [0.2, 0.25) is 0 Å². The molecule has 1 aromatic rings. The van der Waals surface area contributed by atoms with Gasteiger partial charge < -0.3 is 11.1 Å². The van der Waals surface area contributed by atoms with Crippen LogP contribution in [-0.2, 0) is 16.6 Å². The number of nitrogens with one attached hydrogen (secondary N) is 1. The van der Waals surface area contributed by atoms with Crippen LogP contribution in [0.4, 0.5) is 0 Å². The van der Waals surface area contributed by atoms with Gasteiger partial charge in [0.05, 0.1) is 0 Å². The molecule has 5 heteroatoms. The summed E-state index contributed by atoms with van der Waals surface area (Å²) in [5.41, 5.74) is 7.19. The van der Waals surface area contributed by atoms with Crippen LogP contribution in [-0.4, -0.2) is 29.0 Å². The molecular formula is C15H24N2O2S. The third kappa shape index (κ3) is 5.84. The van der Waals surface area contributed by atoms with Gasteiger partial charge in [0.25, 0.3) is 5.91 Å². The van der Waals surface area contributed by atoms with Gasteiger partial charge in [-0.15, -0.1) is 0 Å². The number of amides is 1. The van der Waals surface area contributed by atoms with Crippen LogP contribution >= 0.6 is 0 Å². The van der Waals surface area contributed by atoms with E-state index in [0.717, 1.165) is 24.8 Å². The summed E-state index contributed by atoms with van der Waals surface area (Å²) in [6, 6.07) is 7.29. The van der Waals surface area contributed by atoms with E-state index in [0.29, 0.717) is 17.9 Å². The smallest absolute Gasteiger partial charge is 0.251 e.